The van der Waals surface area contributed by atoms with Gasteiger partial charge in [0.2, 0.25) is 0 Å². The zero-order valence-electron chi connectivity index (χ0n) is 36.5. The van der Waals surface area contributed by atoms with Crippen LogP contribution < -0.4 is 4.90 Å². The molecule has 67 heavy (non-hydrogen) atoms. The van der Waals surface area contributed by atoms with Crippen molar-refractivity contribution in [1.82, 2.24) is 0 Å². The van der Waals surface area contributed by atoms with Crippen molar-refractivity contribution in [3.8, 4) is 55.6 Å². The van der Waals surface area contributed by atoms with Crippen molar-refractivity contribution in [3.63, 3.8) is 0 Å². The SMILES string of the molecule is c1ccc(-c2cccc3c2sc2c(-c4ccccc4)ccc(N(c4ccccc4-c4ccc5ccccc5c4)c4cccc5c4-c4ccccc4C54c5ccccc5-c5ccccc54)c23)cc1. The van der Waals surface area contributed by atoms with Gasteiger partial charge in [-0.1, -0.05) is 224 Å². The molecule has 1 nitrogen and oxygen atoms in total. The van der Waals surface area contributed by atoms with Crippen molar-refractivity contribution < 1.29 is 0 Å². The van der Waals surface area contributed by atoms with Crippen LogP contribution in [0.5, 0.6) is 0 Å². The summed E-state index contributed by atoms with van der Waals surface area (Å²) in [6.07, 6.45) is 0. The molecule has 2 aliphatic rings. The van der Waals surface area contributed by atoms with Gasteiger partial charge in [-0.25, -0.2) is 0 Å². The largest absolute Gasteiger partial charge is 0.309 e. The van der Waals surface area contributed by atoms with Gasteiger partial charge in [0, 0.05) is 31.3 Å². The molecular weight excluding hydrogens is 827 g/mol. The van der Waals surface area contributed by atoms with Crippen LogP contribution in [0.4, 0.5) is 17.1 Å². The van der Waals surface area contributed by atoms with Crippen LogP contribution in [0, 0.1) is 0 Å². The minimum Gasteiger partial charge on any atom is -0.309 e. The number of fused-ring (bicyclic) bond motifs is 14. The van der Waals surface area contributed by atoms with Crippen molar-refractivity contribution in [2.45, 2.75) is 5.41 Å². The minimum absolute atomic E-state index is 0.481. The molecule has 0 aliphatic heterocycles. The van der Waals surface area contributed by atoms with Crippen LogP contribution in [-0.2, 0) is 5.41 Å². The first-order valence-corrected chi connectivity index (χ1v) is 24.0. The molecule has 0 N–H and O–H groups in total. The van der Waals surface area contributed by atoms with E-state index < -0.39 is 5.41 Å². The molecule has 2 heteroatoms. The van der Waals surface area contributed by atoms with Crippen LogP contribution in [0.15, 0.2) is 249 Å². The maximum atomic E-state index is 2.62. The first kappa shape index (κ1) is 38.0. The summed E-state index contributed by atoms with van der Waals surface area (Å²) >= 11 is 1.92. The molecule has 0 unspecified atom stereocenters. The van der Waals surface area contributed by atoms with E-state index in [9.17, 15) is 0 Å². The molecule has 1 aromatic heterocycles. The fourth-order valence-electron chi connectivity index (χ4n) is 11.7. The molecule has 0 saturated carbocycles. The Balaban J connectivity index is 1.12. The molecule has 12 aromatic rings. The molecule has 312 valence electrons. The van der Waals surface area contributed by atoms with Gasteiger partial charge in [0.1, 0.15) is 0 Å². The smallest absolute Gasteiger partial charge is 0.0726 e. The van der Waals surface area contributed by atoms with Crippen LogP contribution in [-0.4, -0.2) is 0 Å². The Kier molecular flexibility index (Phi) is 8.44. The lowest BCUT2D eigenvalue weighted by Gasteiger charge is -2.33. The van der Waals surface area contributed by atoms with Gasteiger partial charge in [-0.3, -0.25) is 0 Å². The van der Waals surface area contributed by atoms with E-state index in [0.717, 1.165) is 17.1 Å². The lowest BCUT2D eigenvalue weighted by atomic mass is 9.70. The van der Waals surface area contributed by atoms with Gasteiger partial charge in [0.05, 0.1) is 22.5 Å². The summed E-state index contributed by atoms with van der Waals surface area (Å²) < 4.78 is 2.57. The summed E-state index contributed by atoms with van der Waals surface area (Å²) in [6.45, 7) is 0. The molecule has 0 atom stereocenters. The van der Waals surface area contributed by atoms with E-state index in [0.29, 0.717) is 0 Å². The molecule has 0 amide bonds. The zero-order chi connectivity index (χ0) is 44.1. The van der Waals surface area contributed by atoms with E-state index in [1.165, 1.54) is 109 Å². The summed E-state index contributed by atoms with van der Waals surface area (Å²) in [5.74, 6) is 0. The maximum Gasteiger partial charge on any atom is 0.0726 e. The molecule has 1 spiro atoms. The Hall–Kier alpha value is -8.30. The second kappa shape index (κ2) is 14.9. The second-order valence-electron chi connectivity index (χ2n) is 17.9. The van der Waals surface area contributed by atoms with Gasteiger partial charge in [-0.15, -0.1) is 11.3 Å². The van der Waals surface area contributed by atoms with Crippen LogP contribution in [0.1, 0.15) is 22.3 Å². The number of nitrogens with zero attached hydrogens (tertiary/aromatic N) is 1. The highest BCUT2D eigenvalue weighted by molar-refractivity contribution is 7.27. The number of rotatable bonds is 6. The van der Waals surface area contributed by atoms with Crippen molar-refractivity contribution in [3.05, 3.63) is 271 Å². The first-order chi connectivity index (χ1) is 33.3. The normalized spacial score (nSPS) is 12.9. The predicted molar refractivity (Wildman–Crippen MR) is 284 cm³/mol. The van der Waals surface area contributed by atoms with Gasteiger partial charge < -0.3 is 4.90 Å². The summed E-state index contributed by atoms with van der Waals surface area (Å²) in [5.41, 5.74) is 20.7. The summed E-state index contributed by atoms with van der Waals surface area (Å²) in [5, 5.41) is 4.97. The number of hydrogen-bond acceptors (Lipinski definition) is 2. The van der Waals surface area contributed by atoms with Gasteiger partial charge in [0.15, 0.2) is 0 Å². The van der Waals surface area contributed by atoms with Crippen LogP contribution in [0.3, 0.4) is 0 Å². The van der Waals surface area contributed by atoms with Gasteiger partial charge in [-0.05, 0) is 102 Å². The van der Waals surface area contributed by atoms with Gasteiger partial charge in [-0.2, -0.15) is 0 Å². The third-order valence-corrected chi connectivity index (χ3v) is 15.8. The Labute approximate surface area is 394 Å². The average molecular weight is 868 g/mol. The van der Waals surface area contributed by atoms with E-state index >= 15 is 0 Å². The highest BCUT2D eigenvalue weighted by Crippen LogP contribution is 2.65. The third-order valence-electron chi connectivity index (χ3n) is 14.5. The number of thiophene rings is 1. The standard InChI is InChI=1S/C65H41NS/c1-3-20-43(21-4-1)48-29-17-30-53-62-60(40-39-49(64(62)67-63(48)53)44-22-5-2-6-23-44)66(58-35-16-12-25-47(58)46-38-37-42-19-7-8-24-45(42)41-46)59-36-18-34-57-61(59)52-28-11-15-33-56(52)65(57)54-31-13-9-26-50(54)51-27-10-14-32-55(51)65/h1-41H. The van der Waals surface area contributed by atoms with Crippen molar-refractivity contribution >= 4 is 59.3 Å². The highest BCUT2D eigenvalue weighted by Gasteiger charge is 2.52. The number of benzene rings is 11. The molecule has 0 bridgehead atoms. The van der Waals surface area contributed by atoms with Crippen molar-refractivity contribution in [1.29, 1.82) is 0 Å². The van der Waals surface area contributed by atoms with Crippen LogP contribution in [0.2, 0.25) is 0 Å². The monoisotopic (exact) mass is 867 g/mol. The van der Waals surface area contributed by atoms with E-state index in [-0.39, 0.29) is 0 Å². The predicted octanol–water partition coefficient (Wildman–Crippen LogP) is 18.0. The van der Waals surface area contributed by atoms with Gasteiger partial charge >= 0.3 is 0 Å². The summed E-state index contributed by atoms with van der Waals surface area (Å²) in [6, 6.07) is 92.6. The fourth-order valence-corrected chi connectivity index (χ4v) is 13.1. The molecule has 0 fully saturated rings. The van der Waals surface area contributed by atoms with Crippen LogP contribution in [0.25, 0.3) is 86.6 Å². The lowest BCUT2D eigenvalue weighted by molar-refractivity contribution is 0.794. The molecule has 14 rings (SSSR count). The number of anilines is 3. The summed E-state index contributed by atoms with van der Waals surface area (Å²) in [4.78, 5) is 2.62. The summed E-state index contributed by atoms with van der Waals surface area (Å²) in [7, 11) is 0. The fraction of sp³-hybridized carbons (Fsp3) is 0.0154. The molecule has 0 radical (unpaired) electrons. The number of hydrogen-bond donors (Lipinski definition) is 0. The second-order valence-corrected chi connectivity index (χ2v) is 18.9. The third kappa shape index (κ3) is 5.48. The highest BCUT2D eigenvalue weighted by atomic mass is 32.1. The van der Waals surface area contributed by atoms with E-state index in [1.807, 2.05) is 11.3 Å². The molecule has 1 heterocycles. The van der Waals surface area contributed by atoms with E-state index in [1.54, 1.807) is 0 Å². The first-order valence-electron chi connectivity index (χ1n) is 23.2. The van der Waals surface area contributed by atoms with Crippen LogP contribution >= 0.6 is 11.3 Å². The topological polar surface area (TPSA) is 3.24 Å². The average Bonchev–Trinajstić information content (AvgIpc) is 4.05. The Morgan fingerprint density at radius 3 is 1.54 bits per heavy atom. The Bertz CT molecular complexity index is 3890. The molecule has 0 saturated heterocycles. The number of para-hydroxylation sites is 1. The molecular formula is C65H41NS. The van der Waals surface area contributed by atoms with Gasteiger partial charge in [0.25, 0.3) is 0 Å². The molecule has 11 aromatic carbocycles. The van der Waals surface area contributed by atoms with E-state index in [4.69, 9.17) is 0 Å². The van der Waals surface area contributed by atoms with Crippen molar-refractivity contribution in [2.75, 3.05) is 4.90 Å². The van der Waals surface area contributed by atoms with Crippen molar-refractivity contribution in [2.24, 2.45) is 0 Å². The quantitative estimate of drug-likeness (QED) is 0.161. The molecule has 2 aliphatic carbocycles. The zero-order valence-corrected chi connectivity index (χ0v) is 37.3. The Morgan fingerprint density at radius 2 is 0.821 bits per heavy atom. The lowest BCUT2D eigenvalue weighted by Crippen LogP contribution is -2.26. The minimum atomic E-state index is -0.481. The Morgan fingerprint density at radius 1 is 0.299 bits per heavy atom. The maximum absolute atomic E-state index is 2.62. The van der Waals surface area contributed by atoms with E-state index in [2.05, 4.69) is 254 Å².